The number of hydrogen-bond acceptors (Lipinski definition) is 14. The summed E-state index contributed by atoms with van der Waals surface area (Å²) in [5, 5.41) is 22.7. The van der Waals surface area contributed by atoms with Gasteiger partial charge in [0.2, 0.25) is 11.8 Å². The van der Waals surface area contributed by atoms with Gasteiger partial charge >= 0.3 is 6.09 Å². The third-order valence-corrected chi connectivity index (χ3v) is 17.4. The number of nitrogens with zero attached hydrogens (tertiary/aromatic N) is 5. The largest absolute Gasteiger partial charge is 0.448 e. The van der Waals surface area contributed by atoms with E-state index in [1.54, 1.807) is 37.1 Å². The molecule has 3 aromatic rings. The number of rotatable bonds is 28. The van der Waals surface area contributed by atoms with Gasteiger partial charge in [-0.25, -0.2) is 9.78 Å². The number of amides is 3. The zero-order chi connectivity index (χ0) is 53.8. The summed E-state index contributed by atoms with van der Waals surface area (Å²) >= 11 is 0. The average molecular weight is 1040 g/mol. The number of aliphatic hydroxyl groups is 1. The Morgan fingerprint density at radius 1 is 0.917 bits per heavy atom. The SMILES string of the molecule is CC[C@H](C)[C@@H]([C@@H](CC(=O)N1CCC[C@H]1[C@H](OC)[C@@H](C)C(=O)C[C@H](C)[C@@H](O)c1ccccc1)OC)N(C)C(=O)[C@@H](CC(=O)[C@H](C(C)C)N(C)C(=O)OCC(C)(C)SSc1nc2ccc([N+](=O)[O-])cc2[nH]1)C(C)C. The van der Waals surface area contributed by atoms with Crippen molar-refractivity contribution in [2.45, 2.75) is 154 Å². The number of ether oxygens (including phenoxy) is 3. The van der Waals surface area contributed by atoms with Crippen LogP contribution >= 0.6 is 21.6 Å². The number of nitro groups is 1. The molecule has 3 amide bonds. The predicted molar refractivity (Wildman–Crippen MR) is 282 cm³/mol. The molecule has 0 unspecified atom stereocenters. The first-order valence-corrected chi connectivity index (χ1v) is 27.3. The minimum atomic E-state index is -0.886. The van der Waals surface area contributed by atoms with Crippen LogP contribution in [0.25, 0.3) is 11.0 Å². The van der Waals surface area contributed by atoms with Gasteiger partial charge in [-0.15, -0.1) is 0 Å². The second-order valence-corrected chi connectivity index (χ2v) is 23.7. The maximum absolute atomic E-state index is 14.7. The summed E-state index contributed by atoms with van der Waals surface area (Å²) < 4.78 is 17.3. The van der Waals surface area contributed by atoms with Gasteiger partial charge in [0.05, 0.1) is 63.6 Å². The molecule has 400 valence electrons. The van der Waals surface area contributed by atoms with E-state index in [4.69, 9.17) is 14.2 Å². The van der Waals surface area contributed by atoms with E-state index in [2.05, 4.69) is 9.97 Å². The summed E-state index contributed by atoms with van der Waals surface area (Å²) in [5.41, 5.74) is 1.82. The number of non-ortho nitro benzene ring substituents is 1. The Hall–Kier alpha value is -4.56. The van der Waals surface area contributed by atoms with E-state index in [0.29, 0.717) is 35.6 Å². The summed E-state index contributed by atoms with van der Waals surface area (Å²) in [6, 6.07) is 11.9. The molecule has 72 heavy (non-hydrogen) atoms. The molecule has 0 spiro atoms. The fourth-order valence-electron chi connectivity index (χ4n) is 9.93. The van der Waals surface area contributed by atoms with Crippen molar-refractivity contribution in [3.05, 3.63) is 64.2 Å². The van der Waals surface area contributed by atoms with Crippen molar-refractivity contribution in [2.24, 2.45) is 35.5 Å². The van der Waals surface area contributed by atoms with E-state index in [0.717, 1.165) is 12.0 Å². The molecule has 2 aromatic carbocycles. The zero-order valence-electron chi connectivity index (χ0n) is 44.8. The van der Waals surface area contributed by atoms with Crippen LogP contribution in [0, 0.1) is 45.6 Å². The average Bonchev–Trinajstić information content (AvgIpc) is 4.01. The van der Waals surface area contributed by atoms with Crippen molar-refractivity contribution in [2.75, 3.05) is 41.5 Å². The number of likely N-dealkylation sites (tertiary alicyclic amines) is 1. The number of hydrogen-bond donors (Lipinski definition) is 2. The van der Waals surface area contributed by atoms with Gasteiger partial charge in [-0.1, -0.05) is 103 Å². The fourth-order valence-corrected chi connectivity index (χ4v) is 11.9. The lowest BCUT2D eigenvalue weighted by atomic mass is 9.83. The normalized spacial score (nSPS) is 18.0. The highest BCUT2D eigenvalue weighted by Crippen LogP contribution is 2.41. The lowest BCUT2D eigenvalue weighted by molar-refractivity contribution is -0.384. The number of nitro benzene ring substituents is 1. The Labute approximate surface area is 434 Å². The molecule has 0 saturated carbocycles. The molecule has 1 fully saturated rings. The molecule has 2 N–H and O–H groups in total. The molecular formula is C53H80N6O11S2. The molecule has 1 aromatic heterocycles. The first kappa shape index (κ1) is 60.0. The minimum absolute atomic E-state index is 0.00147. The predicted octanol–water partition coefficient (Wildman–Crippen LogP) is 9.56. The molecule has 10 atom stereocenters. The first-order chi connectivity index (χ1) is 33.9. The Bertz CT molecular complexity index is 2300. The molecule has 0 bridgehead atoms. The quantitative estimate of drug-likeness (QED) is 0.0394. The standard InChI is InChI=1S/C53H80N6O11S2/c1-15-33(6)47(44(68-13)29-45(62)58-25-19-22-41(58)49(69-14)35(8)42(60)26-34(7)48(63)36-20-17-16-18-21-36)56(11)50(64)38(31(2)3)28-43(61)46(32(4)5)57(12)52(65)70-30-53(9,10)72-71-51-54-39-24-23-37(59(66)67)27-40(39)55-51/h16-18,20-21,23-24,27,31-35,38,41,44,46-49,63H,15,19,22,25-26,28-30H2,1-14H3,(H,54,55)/t33-,34-,35-,38-,41-,44+,46-,47-,48+,49+/m0/s1. The number of benzene rings is 2. The molecule has 1 aliphatic heterocycles. The van der Waals surface area contributed by atoms with Gasteiger partial charge in [0.1, 0.15) is 12.4 Å². The molecule has 0 aliphatic carbocycles. The summed E-state index contributed by atoms with van der Waals surface area (Å²) in [5.74, 6) is -3.03. The number of carbonyl (C=O) groups is 5. The van der Waals surface area contributed by atoms with Crippen LogP contribution in [0.4, 0.5) is 10.5 Å². The monoisotopic (exact) mass is 1040 g/mol. The van der Waals surface area contributed by atoms with Gasteiger partial charge in [0, 0.05) is 71.7 Å². The van der Waals surface area contributed by atoms with E-state index < -0.39 is 58.0 Å². The van der Waals surface area contributed by atoms with Crippen molar-refractivity contribution in [3.8, 4) is 0 Å². The van der Waals surface area contributed by atoms with Gasteiger partial charge in [-0.2, -0.15) is 0 Å². The molecule has 4 rings (SSSR count). The Kier molecular flexibility index (Phi) is 22.6. The Morgan fingerprint density at radius 3 is 2.17 bits per heavy atom. The summed E-state index contributed by atoms with van der Waals surface area (Å²) in [7, 11) is 9.06. The number of aliphatic hydroxyl groups excluding tert-OH is 1. The number of ketones is 2. The highest BCUT2D eigenvalue weighted by atomic mass is 33.1. The second-order valence-electron chi connectivity index (χ2n) is 20.9. The van der Waals surface area contributed by atoms with Gasteiger partial charge in [0.15, 0.2) is 10.9 Å². The van der Waals surface area contributed by atoms with Crippen LogP contribution in [0.2, 0.25) is 0 Å². The number of fused-ring (bicyclic) bond motifs is 1. The lowest BCUT2D eigenvalue weighted by Gasteiger charge is -2.41. The van der Waals surface area contributed by atoms with E-state index in [-0.39, 0.29) is 84.7 Å². The van der Waals surface area contributed by atoms with Crippen LogP contribution < -0.4 is 0 Å². The Balaban J connectivity index is 1.41. The van der Waals surface area contributed by atoms with Crippen LogP contribution in [0.5, 0.6) is 0 Å². The summed E-state index contributed by atoms with van der Waals surface area (Å²) in [4.78, 5) is 94.0. The van der Waals surface area contributed by atoms with Crippen LogP contribution in [-0.4, -0.2) is 141 Å². The van der Waals surface area contributed by atoms with Gasteiger partial charge < -0.3 is 39.0 Å². The van der Waals surface area contributed by atoms with Gasteiger partial charge in [0.25, 0.3) is 5.69 Å². The number of nitrogens with one attached hydrogen (secondary N) is 1. The van der Waals surface area contributed by atoms with Gasteiger partial charge in [-0.3, -0.25) is 29.3 Å². The molecule has 0 radical (unpaired) electrons. The van der Waals surface area contributed by atoms with Crippen molar-refractivity contribution in [3.63, 3.8) is 0 Å². The fraction of sp³-hybridized carbons (Fsp3) is 0.660. The van der Waals surface area contributed by atoms with Crippen LogP contribution in [-0.2, 0) is 33.4 Å². The molecular weight excluding hydrogens is 961 g/mol. The third-order valence-electron chi connectivity index (χ3n) is 14.3. The highest BCUT2D eigenvalue weighted by molar-refractivity contribution is 8.77. The number of aromatic nitrogens is 2. The number of methoxy groups -OCH3 is 2. The number of imidazole rings is 1. The van der Waals surface area contributed by atoms with E-state index >= 15 is 0 Å². The molecule has 19 heteroatoms. The van der Waals surface area contributed by atoms with Crippen LogP contribution in [0.3, 0.4) is 0 Å². The maximum atomic E-state index is 14.7. The molecule has 17 nitrogen and oxygen atoms in total. The van der Waals surface area contributed by atoms with E-state index in [1.165, 1.54) is 45.7 Å². The van der Waals surface area contributed by atoms with Gasteiger partial charge in [-0.05, 0) is 72.8 Å². The minimum Gasteiger partial charge on any atom is -0.448 e. The van der Waals surface area contributed by atoms with Crippen molar-refractivity contribution in [1.82, 2.24) is 24.7 Å². The van der Waals surface area contributed by atoms with E-state index in [1.807, 2.05) is 99.6 Å². The molecule has 1 saturated heterocycles. The first-order valence-electron chi connectivity index (χ1n) is 25.2. The zero-order valence-corrected chi connectivity index (χ0v) is 46.4. The van der Waals surface area contributed by atoms with Crippen LogP contribution in [0.1, 0.15) is 119 Å². The third kappa shape index (κ3) is 15.5. The maximum Gasteiger partial charge on any atom is 0.410 e. The Morgan fingerprint density at radius 2 is 1.58 bits per heavy atom. The number of Topliss-reactive ketones (excluding diaryl/α,β-unsaturated/α-hetero) is 2. The van der Waals surface area contributed by atoms with Crippen molar-refractivity contribution in [1.29, 1.82) is 0 Å². The molecule has 1 aliphatic rings. The lowest BCUT2D eigenvalue weighted by Crippen LogP contribution is -2.54. The van der Waals surface area contributed by atoms with Crippen molar-refractivity contribution < 1.29 is 48.2 Å². The number of H-pyrrole nitrogens is 1. The number of likely N-dealkylation sites (N-methyl/N-ethyl adjacent to an activating group) is 2. The molecule has 2 heterocycles. The summed E-state index contributed by atoms with van der Waals surface area (Å²) in [6.07, 6.45) is -0.675. The van der Waals surface area contributed by atoms with E-state index in [9.17, 15) is 39.2 Å². The van der Waals surface area contributed by atoms with Crippen molar-refractivity contribution >= 4 is 67.8 Å². The topological polar surface area (TPSA) is 215 Å². The number of carbonyl (C=O) groups excluding carboxylic acids is 5. The summed E-state index contributed by atoms with van der Waals surface area (Å²) in [6.45, 7) is 19.5. The highest BCUT2D eigenvalue weighted by Gasteiger charge is 2.44. The van der Waals surface area contributed by atoms with Crippen LogP contribution in [0.15, 0.2) is 53.7 Å². The smallest absolute Gasteiger partial charge is 0.410 e. The second kappa shape index (κ2) is 27.1. The number of aromatic amines is 1.